The van der Waals surface area contributed by atoms with Crippen LogP contribution in [0.3, 0.4) is 0 Å². The molecule has 1 amide bonds. The molecule has 1 aromatic carbocycles. The molecule has 0 spiro atoms. The van der Waals surface area contributed by atoms with Gasteiger partial charge in [-0.2, -0.15) is 0 Å². The van der Waals surface area contributed by atoms with E-state index in [4.69, 9.17) is 5.11 Å². The van der Waals surface area contributed by atoms with E-state index >= 15 is 0 Å². The Morgan fingerprint density at radius 2 is 2.20 bits per heavy atom. The minimum absolute atomic E-state index is 0.169. The summed E-state index contributed by atoms with van der Waals surface area (Å²) in [6.45, 7) is 2.83. The van der Waals surface area contributed by atoms with Gasteiger partial charge in [0.05, 0.1) is 6.42 Å². The molecule has 1 aliphatic heterocycles. The van der Waals surface area contributed by atoms with Gasteiger partial charge in [0.25, 0.3) is 0 Å². The summed E-state index contributed by atoms with van der Waals surface area (Å²) in [4.78, 5) is 25.4. The Labute approximate surface area is 123 Å². The van der Waals surface area contributed by atoms with Gasteiger partial charge in [0.15, 0.2) is 0 Å². The van der Waals surface area contributed by atoms with Crippen molar-refractivity contribution in [1.29, 1.82) is 0 Å². The Hall–Kier alpha value is -1.49. The molecule has 4 nitrogen and oxygen atoms in total. The van der Waals surface area contributed by atoms with Crippen LogP contribution >= 0.6 is 11.8 Å². The van der Waals surface area contributed by atoms with Crippen LogP contribution in [0.25, 0.3) is 0 Å². The van der Waals surface area contributed by atoms with Crippen LogP contribution in [0.4, 0.5) is 5.69 Å². The van der Waals surface area contributed by atoms with E-state index in [2.05, 4.69) is 13.0 Å². The maximum Gasteiger partial charge on any atom is 0.304 e. The second-order valence-electron chi connectivity index (χ2n) is 4.83. The third-order valence-electron chi connectivity index (χ3n) is 3.28. The van der Waals surface area contributed by atoms with Crippen molar-refractivity contribution in [1.82, 2.24) is 0 Å². The molecular formula is C15H19NO3S. The van der Waals surface area contributed by atoms with E-state index in [1.807, 2.05) is 17.0 Å². The van der Waals surface area contributed by atoms with Gasteiger partial charge in [-0.3, -0.25) is 9.59 Å². The van der Waals surface area contributed by atoms with Gasteiger partial charge < -0.3 is 10.0 Å². The van der Waals surface area contributed by atoms with Crippen molar-refractivity contribution < 1.29 is 14.7 Å². The summed E-state index contributed by atoms with van der Waals surface area (Å²) in [6.07, 6.45) is 2.46. The number of amides is 1. The summed E-state index contributed by atoms with van der Waals surface area (Å²) in [7, 11) is 0. The maximum atomic E-state index is 11.9. The van der Waals surface area contributed by atoms with Crippen LogP contribution in [0.5, 0.6) is 0 Å². The molecular weight excluding hydrogens is 274 g/mol. The van der Waals surface area contributed by atoms with Gasteiger partial charge in [-0.1, -0.05) is 6.92 Å². The SMILES string of the molecule is CCCN1C(=O)CCc2cc(SCCC(=O)O)ccc21. The summed E-state index contributed by atoms with van der Waals surface area (Å²) in [5.74, 6) is 0.00643. The van der Waals surface area contributed by atoms with Crippen LogP contribution in [0.15, 0.2) is 23.1 Å². The molecule has 0 bridgehead atoms. The first-order valence-electron chi connectivity index (χ1n) is 6.89. The number of hydrogen-bond donors (Lipinski definition) is 1. The molecule has 0 atom stereocenters. The van der Waals surface area contributed by atoms with Crippen molar-refractivity contribution in [2.45, 2.75) is 37.5 Å². The fourth-order valence-corrected chi connectivity index (χ4v) is 3.25. The molecule has 2 rings (SSSR count). The Morgan fingerprint density at radius 1 is 1.40 bits per heavy atom. The minimum atomic E-state index is -0.768. The van der Waals surface area contributed by atoms with Gasteiger partial charge >= 0.3 is 5.97 Å². The highest BCUT2D eigenvalue weighted by Crippen LogP contribution is 2.32. The number of nitrogens with zero attached hydrogens (tertiary/aromatic N) is 1. The Balaban J connectivity index is 2.11. The number of carboxylic acids is 1. The monoisotopic (exact) mass is 293 g/mol. The molecule has 5 heteroatoms. The van der Waals surface area contributed by atoms with Crippen LogP contribution in [0, 0.1) is 0 Å². The zero-order valence-electron chi connectivity index (χ0n) is 11.6. The summed E-state index contributed by atoms with van der Waals surface area (Å²) in [6, 6.07) is 6.06. The van der Waals surface area contributed by atoms with Gasteiger partial charge in [-0.15, -0.1) is 11.8 Å². The highest BCUT2D eigenvalue weighted by molar-refractivity contribution is 7.99. The molecule has 0 radical (unpaired) electrons. The van der Waals surface area contributed by atoms with Gasteiger partial charge in [0.1, 0.15) is 0 Å². The number of carboxylic acid groups (broad SMARTS) is 1. The van der Waals surface area contributed by atoms with Gasteiger partial charge in [0, 0.05) is 29.3 Å². The van der Waals surface area contributed by atoms with Crippen LogP contribution in [0.1, 0.15) is 31.7 Å². The minimum Gasteiger partial charge on any atom is -0.481 e. The van der Waals surface area contributed by atoms with Gasteiger partial charge in [-0.05, 0) is 36.6 Å². The lowest BCUT2D eigenvalue weighted by atomic mass is 10.0. The van der Waals surface area contributed by atoms with Crippen molar-refractivity contribution in [3.05, 3.63) is 23.8 Å². The molecule has 108 valence electrons. The predicted molar refractivity (Wildman–Crippen MR) is 80.4 cm³/mol. The van der Waals surface area contributed by atoms with Crippen LogP contribution in [-0.4, -0.2) is 29.3 Å². The second-order valence-corrected chi connectivity index (χ2v) is 6.00. The van der Waals surface area contributed by atoms with Crippen molar-refractivity contribution >= 4 is 29.3 Å². The quantitative estimate of drug-likeness (QED) is 0.819. The Kier molecular flexibility index (Phi) is 5.06. The van der Waals surface area contributed by atoms with Crippen molar-refractivity contribution in [2.24, 2.45) is 0 Å². The van der Waals surface area contributed by atoms with Gasteiger partial charge in [0.2, 0.25) is 5.91 Å². The molecule has 0 aliphatic carbocycles. The molecule has 20 heavy (non-hydrogen) atoms. The third-order valence-corrected chi connectivity index (χ3v) is 4.28. The first-order chi connectivity index (χ1) is 9.61. The lowest BCUT2D eigenvalue weighted by Gasteiger charge is -2.29. The van der Waals surface area contributed by atoms with Crippen LogP contribution in [-0.2, 0) is 16.0 Å². The second kappa shape index (κ2) is 6.79. The van der Waals surface area contributed by atoms with Crippen molar-refractivity contribution in [3.8, 4) is 0 Å². The molecule has 0 saturated heterocycles. The molecule has 0 fully saturated rings. The molecule has 0 aromatic heterocycles. The largest absolute Gasteiger partial charge is 0.481 e. The average molecular weight is 293 g/mol. The molecule has 1 N–H and O–H groups in total. The summed E-state index contributed by atoms with van der Waals surface area (Å²) in [5, 5.41) is 8.65. The van der Waals surface area contributed by atoms with Crippen LogP contribution < -0.4 is 4.90 Å². The number of anilines is 1. The van der Waals surface area contributed by atoms with E-state index in [1.165, 1.54) is 5.56 Å². The molecule has 0 unspecified atom stereocenters. The summed E-state index contributed by atoms with van der Waals surface area (Å²) in [5.41, 5.74) is 2.21. The topological polar surface area (TPSA) is 57.6 Å². The van der Waals surface area contributed by atoms with E-state index < -0.39 is 5.97 Å². The van der Waals surface area contributed by atoms with Crippen molar-refractivity contribution in [3.63, 3.8) is 0 Å². The number of carbonyl (C=O) groups is 2. The fourth-order valence-electron chi connectivity index (χ4n) is 2.35. The number of hydrogen-bond acceptors (Lipinski definition) is 3. The molecule has 1 aliphatic rings. The maximum absolute atomic E-state index is 11.9. The highest BCUT2D eigenvalue weighted by atomic mass is 32.2. The zero-order valence-corrected chi connectivity index (χ0v) is 12.4. The van der Waals surface area contributed by atoms with Crippen molar-refractivity contribution in [2.75, 3.05) is 17.2 Å². The third kappa shape index (κ3) is 3.54. The van der Waals surface area contributed by atoms with E-state index in [0.29, 0.717) is 12.2 Å². The van der Waals surface area contributed by atoms with E-state index in [0.717, 1.165) is 30.0 Å². The Bertz CT molecular complexity index is 516. The zero-order chi connectivity index (χ0) is 14.5. The number of rotatable bonds is 6. The van der Waals surface area contributed by atoms with E-state index in [1.54, 1.807) is 11.8 Å². The van der Waals surface area contributed by atoms with E-state index in [9.17, 15) is 9.59 Å². The number of aryl methyl sites for hydroxylation is 1. The van der Waals surface area contributed by atoms with Gasteiger partial charge in [-0.25, -0.2) is 0 Å². The normalized spacial score (nSPS) is 14.2. The fraction of sp³-hybridized carbons (Fsp3) is 0.467. The highest BCUT2D eigenvalue weighted by Gasteiger charge is 2.23. The smallest absolute Gasteiger partial charge is 0.304 e. The summed E-state index contributed by atoms with van der Waals surface area (Å²) < 4.78 is 0. The van der Waals surface area contributed by atoms with E-state index in [-0.39, 0.29) is 12.3 Å². The van der Waals surface area contributed by atoms with Crippen LogP contribution in [0.2, 0.25) is 0 Å². The first kappa shape index (κ1) is 14.9. The number of thioether (sulfide) groups is 1. The lowest BCUT2D eigenvalue weighted by molar-refractivity contribution is -0.136. The Morgan fingerprint density at radius 3 is 2.90 bits per heavy atom. The lowest BCUT2D eigenvalue weighted by Crippen LogP contribution is -2.35. The average Bonchev–Trinajstić information content (AvgIpc) is 2.42. The molecule has 1 heterocycles. The first-order valence-corrected chi connectivity index (χ1v) is 7.88. The number of benzene rings is 1. The molecule has 1 aromatic rings. The predicted octanol–water partition coefficient (Wildman–Crippen LogP) is 2.94. The number of aliphatic carboxylic acids is 1. The standard InChI is InChI=1S/C15H19NO3S/c1-2-8-16-13-5-4-12(20-9-7-15(18)19)10-11(13)3-6-14(16)17/h4-5,10H,2-3,6-9H2,1H3,(H,18,19). The number of carbonyl (C=O) groups excluding carboxylic acids is 1. The summed E-state index contributed by atoms with van der Waals surface area (Å²) >= 11 is 1.55. The number of fused-ring (bicyclic) bond motifs is 1. The molecule has 0 saturated carbocycles.